The Morgan fingerprint density at radius 2 is 2.00 bits per heavy atom. The van der Waals surface area contributed by atoms with Crippen LogP contribution in [0.4, 0.5) is 17.6 Å². The molecule has 0 spiro atoms. The molecule has 1 aliphatic heterocycles. The van der Waals surface area contributed by atoms with Crippen LogP contribution in [0.5, 0.6) is 0 Å². The number of nitrogens with one attached hydrogen (secondary N) is 1. The summed E-state index contributed by atoms with van der Waals surface area (Å²) in [5, 5.41) is 2.55. The van der Waals surface area contributed by atoms with Crippen molar-refractivity contribution in [1.29, 1.82) is 0 Å². The van der Waals surface area contributed by atoms with Crippen LogP contribution in [0, 0.1) is 5.82 Å². The van der Waals surface area contributed by atoms with Gasteiger partial charge in [-0.1, -0.05) is 6.07 Å². The fraction of sp³-hybridized carbons (Fsp3) is 0.562. The molecule has 1 heterocycles. The van der Waals surface area contributed by atoms with Gasteiger partial charge in [0.25, 0.3) is 5.91 Å². The van der Waals surface area contributed by atoms with Crippen LogP contribution in [0.25, 0.3) is 0 Å². The van der Waals surface area contributed by atoms with Crippen molar-refractivity contribution in [3.63, 3.8) is 0 Å². The Kier molecular flexibility index (Phi) is 6.17. The Labute approximate surface area is 137 Å². The van der Waals surface area contributed by atoms with Gasteiger partial charge in [-0.05, 0) is 25.5 Å². The van der Waals surface area contributed by atoms with E-state index in [4.69, 9.17) is 4.74 Å². The third kappa shape index (κ3) is 4.91. The van der Waals surface area contributed by atoms with E-state index in [1.165, 1.54) is 0 Å². The third-order valence-electron chi connectivity index (χ3n) is 3.91. The van der Waals surface area contributed by atoms with Gasteiger partial charge in [0.2, 0.25) is 0 Å². The topological polar surface area (TPSA) is 41.6 Å². The lowest BCUT2D eigenvalue weighted by Gasteiger charge is -2.27. The summed E-state index contributed by atoms with van der Waals surface area (Å²) in [7, 11) is 0. The number of benzene rings is 1. The minimum atomic E-state index is -4.83. The highest BCUT2D eigenvalue weighted by Gasteiger charge is 2.35. The van der Waals surface area contributed by atoms with Gasteiger partial charge in [-0.25, -0.2) is 4.39 Å². The Balaban J connectivity index is 1.94. The summed E-state index contributed by atoms with van der Waals surface area (Å²) in [4.78, 5) is 14.2. The molecule has 0 aromatic heterocycles. The van der Waals surface area contributed by atoms with Gasteiger partial charge in [-0.3, -0.25) is 9.69 Å². The van der Waals surface area contributed by atoms with Crippen LogP contribution in [-0.4, -0.2) is 49.7 Å². The molecule has 1 aromatic rings. The average Bonchev–Trinajstić information content (AvgIpc) is 2.53. The monoisotopic (exact) mass is 348 g/mol. The van der Waals surface area contributed by atoms with Crippen LogP contribution in [0.3, 0.4) is 0 Å². The second-order valence-corrected chi connectivity index (χ2v) is 5.78. The number of morpholine rings is 1. The summed E-state index contributed by atoms with van der Waals surface area (Å²) >= 11 is 0. The number of carbonyl (C=O) groups is 1. The van der Waals surface area contributed by atoms with Gasteiger partial charge in [0, 0.05) is 25.7 Å². The highest BCUT2D eigenvalue weighted by Crippen LogP contribution is 2.32. The third-order valence-corrected chi connectivity index (χ3v) is 3.91. The van der Waals surface area contributed by atoms with Crippen molar-refractivity contribution in [2.24, 2.45) is 0 Å². The summed E-state index contributed by atoms with van der Waals surface area (Å²) in [5.74, 6) is -2.38. The van der Waals surface area contributed by atoms with Gasteiger partial charge in [0.15, 0.2) is 0 Å². The minimum absolute atomic E-state index is 0.283. The molecule has 1 atom stereocenters. The molecule has 0 unspecified atom stereocenters. The molecular formula is C16H20F4N2O2. The summed E-state index contributed by atoms with van der Waals surface area (Å²) in [6.45, 7) is 5.41. The van der Waals surface area contributed by atoms with Crippen LogP contribution >= 0.6 is 0 Å². The van der Waals surface area contributed by atoms with E-state index in [9.17, 15) is 22.4 Å². The van der Waals surface area contributed by atoms with Gasteiger partial charge >= 0.3 is 6.18 Å². The predicted molar refractivity (Wildman–Crippen MR) is 80.2 cm³/mol. The molecule has 1 amide bonds. The number of halogens is 4. The lowest BCUT2D eigenvalue weighted by Crippen LogP contribution is -2.40. The minimum Gasteiger partial charge on any atom is -0.379 e. The first-order valence-corrected chi connectivity index (χ1v) is 7.75. The maximum Gasteiger partial charge on any atom is 0.419 e. The van der Waals surface area contributed by atoms with Crippen molar-refractivity contribution in [3.8, 4) is 0 Å². The van der Waals surface area contributed by atoms with Gasteiger partial charge in [0.1, 0.15) is 5.82 Å². The number of amides is 1. The predicted octanol–water partition coefficient (Wildman–Crippen LogP) is 2.69. The molecule has 24 heavy (non-hydrogen) atoms. The second-order valence-electron chi connectivity index (χ2n) is 5.78. The second kappa shape index (κ2) is 7.94. The summed E-state index contributed by atoms with van der Waals surface area (Å²) in [5.41, 5.74) is -2.03. The SMILES string of the molecule is C[C@H](CCN1CCOCC1)NC(=O)c1cccc(C(F)(F)F)c1F. The molecule has 0 aliphatic carbocycles. The van der Waals surface area contributed by atoms with Crippen LogP contribution in [0.2, 0.25) is 0 Å². The zero-order valence-corrected chi connectivity index (χ0v) is 13.3. The molecule has 1 aromatic carbocycles. The van der Waals surface area contributed by atoms with E-state index in [0.29, 0.717) is 25.7 Å². The highest BCUT2D eigenvalue weighted by atomic mass is 19.4. The summed E-state index contributed by atoms with van der Waals surface area (Å²) in [6.07, 6.45) is -4.21. The molecule has 1 aliphatic rings. The molecule has 1 saturated heterocycles. The number of hydrogen-bond acceptors (Lipinski definition) is 3. The number of ether oxygens (including phenoxy) is 1. The van der Waals surface area contributed by atoms with E-state index in [1.807, 2.05) is 0 Å². The number of nitrogens with zero attached hydrogens (tertiary/aromatic N) is 1. The van der Waals surface area contributed by atoms with Crippen molar-refractivity contribution < 1.29 is 27.1 Å². The van der Waals surface area contributed by atoms with E-state index >= 15 is 0 Å². The molecule has 1 N–H and O–H groups in total. The van der Waals surface area contributed by atoms with Crippen LogP contribution in [0.1, 0.15) is 29.3 Å². The van der Waals surface area contributed by atoms with Crippen LogP contribution < -0.4 is 5.32 Å². The number of alkyl halides is 3. The van der Waals surface area contributed by atoms with Crippen molar-refractivity contribution in [2.45, 2.75) is 25.6 Å². The molecule has 134 valence electrons. The normalized spacial score (nSPS) is 17.5. The Morgan fingerprint density at radius 1 is 1.33 bits per heavy atom. The Hall–Kier alpha value is -1.67. The number of carbonyl (C=O) groups excluding carboxylic acids is 1. The van der Waals surface area contributed by atoms with Crippen molar-refractivity contribution >= 4 is 5.91 Å². The zero-order valence-electron chi connectivity index (χ0n) is 13.3. The molecule has 0 saturated carbocycles. The largest absolute Gasteiger partial charge is 0.419 e. The fourth-order valence-corrected chi connectivity index (χ4v) is 2.50. The molecule has 0 bridgehead atoms. The van der Waals surface area contributed by atoms with E-state index in [1.54, 1.807) is 6.92 Å². The smallest absolute Gasteiger partial charge is 0.379 e. The molecule has 8 heteroatoms. The summed E-state index contributed by atoms with van der Waals surface area (Å²) in [6, 6.07) is 2.41. The van der Waals surface area contributed by atoms with Crippen LogP contribution in [0.15, 0.2) is 18.2 Å². The summed E-state index contributed by atoms with van der Waals surface area (Å²) < 4.78 is 57.3. The van der Waals surface area contributed by atoms with Crippen molar-refractivity contribution in [2.75, 3.05) is 32.8 Å². The molecule has 0 radical (unpaired) electrons. The fourth-order valence-electron chi connectivity index (χ4n) is 2.50. The van der Waals surface area contributed by atoms with Crippen molar-refractivity contribution in [1.82, 2.24) is 10.2 Å². The van der Waals surface area contributed by atoms with Crippen LogP contribution in [-0.2, 0) is 10.9 Å². The first-order chi connectivity index (χ1) is 11.3. The van der Waals surface area contributed by atoms with Gasteiger partial charge in [-0.15, -0.1) is 0 Å². The zero-order chi connectivity index (χ0) is 17.7. The van der Waals surface area contributed by atoms with E-state index in [0.717, 1.165) is 31.8 Å². The van der Waals surface area contributed by atoms with Gasteiger partial charge < -0.3 is 10.1 Å². The lowest BCUT2D eigenvalue weighted by molar-refractivity contribution is -0.140. The highest BCUT2D eigenvalue weighted by molar-refractivity contribution is 5.94. The van der Waals surface area contributed by atoms with E-state index in [2.05, 4.69) is 10.2 Å². The molecule has 2 rings (SSSR count). The first kappa shape index (κ1) is 18.7. The van der Waals surface area contributed by atoms with Gasteiger partial charge in [-0.2, -0.15) is 13.2 Å². The molecule has 1 fully saturated rings. The standard InChI is InChI=1S/C16H20F4N2O2/c1-11(5-6-22-7-9-24-10-8-22)21-15(23)12-3-2-4-13(14(12)17)16(18,19)20/h2-4,11H,5-10H2,1H3,(H,21,23)/t11-/m1/s1. The Morgan fingerprint density at radius 3 is 2.62 bits per heavy atom. The molecular weight excluding hydrogens is 328 g/mol. The van der Waals surface area contributed by atoms with E-state index in [-0.39, 0.29) is 6.04 Å². The first-order valence-electron chi connectivity index (χ1n) is 7.75. The van der Waals surface area contributed by atoms with Gasteiger partial charge in [0.05, 0.1) is 24.3 Å². The quantitative estimate of drug-likeness (QED) is 0.832. The number of rotatable bonds is 5. The maximum absolute atomic E-state index is 13.9. The van der Waals surface area contributed by atoms with Crippen molar-refractivity contribution in [3.05, 3.63) is 35.1 Å². The Bertz CT molecular complexity index is 572. The lowest BCUT2D eigenvalue weighted by atomic mass is 10.1. The maximum atomic E-state index is 13.9. The number of hydrogen-bond donors (Lipinski definition) is 1. The molecule has 4 nitrogen and oxygen atoms in total. The van der Waals surface area contributed by atoms with E-state index < -0.39 is 29.0 Å². The average molecular weight is 348 g/mol.